The average molecular weight is 208 g/mol. The summed E-state index contributed by atoms with van der Waals surface area (Å²) in [6.45, 7) is 0.526. The second kappa shape index (κ2) is 5.65. The van der Waals surface area contributed by atoms with Gasteiger partial charge in [-0.25, -0.2) is 0 Å². The number of nitrogens with one attached hydrogen (secondary N) is 1. The first-order chi connectivity index (χ1) is 6.02. The SMILES string of the molecule is CCS(=O)(=O)OCC(=O)NC[C]=O. The quantitative estimate of drug-likeness (QED) is 0.541. The smallest absolute Gasteiger partial charge is 0.267 e. The zero-order valence-electron chi connectivity index (χ0n) is 7.07. The normalized spacial score (nSPS) is 10.8. The van der Waals surface area contributed by atoms with Crippen LogP contribution in [0.15, 0.2) is 0 Å². The molecule has 1 radical (unpaired) electrons. The van der Waals surface area contributed by atoms with Gasteiger partial charge in [0.25, 0.3) is 10.1 Å². The van der Waals surface area contributed by atoms with Crippen LogP contribution < -0.4 is 5.32 Å². The Morgan fingerprint density at radius 3 is 2.62 bits per heavy atom. The van der Waals surface area contributed by atoms with Crippen molar-refractivity contribution in [1.29, 1.82) is 0 Å². The van der Waals surface area contributed by atoms with E-state index in [4.69, 9.17) is 0 Å². The maximum absolute atomic E-state index is 10.7. The molecule has 75 valence electrons. The van der Waals surface area contributed by atoms with Gasteiger partial charge in [-0.3, -0.25) is 13.8 Å². The van der Waals surface area contributed by atoms with E-state index in [1.807, 2.05) is 0 Å². The molecule has 0 saturated carbocycles. The molecule has 0 rings (SSSR count). The van der Waals surface area contributed by atoms with E-state index in [0.29, 0.717) is 0 Å². The molecule has 0 spiro atoms. The van der Waals surface area contributed by atoms with Crippen molar-refractivity contribution >= 4 is 22.3 Å². The zero-order valence-corrected chi connectivity index (χ0v) is 7.89. The first-order valence-corrected chi connectivity index (χ1v) is 5.08. The van der Waals surface area contributed by atoms with Crippen molar-refractivity contribution in [2.24, 2.45) is 0 Å². The van der Waals surface area contributed by atoms with Crippen LogP contribution in [0.2, 0.25) is 0 Å². The summed E-state index contributed by atoms with van der Waals surface area (Å²) in [6, 6.07) is 0. The number of hydrogen-bond donors (Lipinski definition) is 1. The number of hydrogen-bond acceptors (Lipinski definition) is 5. The lowest BCUT2D eigenvalue weighted by Gasteiger charge is -2.02. The van der Waals surface area contributed by atoms with E-state index in [0.717, 1.165) is 0 Å². The van der Waals surface area contributed by atoms with Crippen LogP contribution >= 0.6 is 0 Å². The Balaban J connectivity index is 3.76. The molecule has 0 unspecified atom stereocenters. The Kier molecular flexibility index (Phi) is 5.24. The van der Waals surface area contributed by atoms with Gasteiger partial charge in [0.2, 0.25) is 12.2 Å². The summed E-state index contributed by atoms with van der Waals surface area (Å²) in [5.41, 5.74) is 0. The molecule has 0 saturated heterocycles. The highest BCUT2D eigenvalue weighted by Gasteiger charge is 2.10. The summed E-state index contributed by atoms with van der Waals surface area (Å²) >= 11 is 0. The third kappa shape index (κ3) is 6.23. The van der Waals surface area contributed by atoms with E-state index >= 15 is 0 Å². The lowest BCUT2D eigenvalue weighted by molar-refractivity contribution is -0.122. The first kappa shape index (κ1) is 12.0. The van der Waals surface area contributed by atoms with E-state index in [9.17, 15) is 18.0 Å². The van der Waals surface area contributed by atoms with Gasteiger partial charge >= 0.3 is 0 Å². The van der Waals surface area contributed by atoms with Gasteiger partial charge < -0.3 is 5.32 Å². The predicted octanol–water partition coefficient (Wildman–Crippen LogP) is -1.42. The molecule has 0 fully saturated rings. The Morgan fingerprint density at radius 1 is 1.54 bits per heavy atom. The van der Waals surface area contributed by atoms with Crippen molar-refractivity contribution in [2.45, 2.75) is 6.92 Å². The van der Waals surface area contributed by atoms with Crippen molar-refractivity contribution in [1.82, 2.24) is 5.32 Å². The average Bonchev–Trinajstić information content (AvgIpc) is 2.11. The molecule has 13 heavy (non-hydrogen) atoms. The molecule has 0 aromatic heterocycles. The Bertz CT molecular complexity index is 271. The molecule has 7 heteroatoms. The molecule has 0 aromatic carbocycles. The largest absolute Gasteiger partial charge is 0.346 e. The summed E-state index contributed by atoms with van der Waals surface area (Å²) in [5.74, 6) is -0.861. The number of carbonyl (C=O) groups excluding carboxylic acids is 2. The minimum absolute atomic E-state index is 0.194. The Morgan fingerprint density at radius 2 is 2.15 bits per heavy atom. The molecule has 1 N–H and O–H groups in total. The van der Waals surface area contributed by atoms with Gasteiger partial charge in [0.15, 0.2) is 0 Å². The highest BCUT2D eigenvalue weighted by Crippen LogP contribution is 1.90. The lowest BCUT2D eigenvalue weighted by atomic mass is 10.6. The van der Waals surface area contributed by atoms with Crippen LogP contribution in [0.5, 0.6) is 0 Å². The number of amides is 1. The second-order valence-electron chi connectivity index (χ2n) is 2.03. The van der Waals surface area contributed by atoms with E-state index in [-0.39, 0.29) is 12.3 Å². The fourth-order valence-corrected chi connectivity index (χ4v) is 0.866. The lowest BCUT2D eigenvalue weighted by Crippen LogP contribution is -2.30. The molecule has 0 aliphatic carbocycles. The molecule has 0 aliphatic rings. The van der Waals surface area contributed by atoms with E-state index in [1.54, 1.807) is 0 Å². The van der Waals surface area contributed by atoms with Crippen LogP contribution in [0.3, 0.4) is 0 Å². The minimum Gasteiger partial charge on any atom is -0.346 e. The minimum atomic E-state index is -3.60. The van der Waals surface area contributed by atoms with Crippen molar-refractivity contribution in [3.05, 3.63) is 0 Å². The summed E-state index contributed by atoms with van der Waals surface area (Å²) in [5, 5.41) is 2.08. The number of carbonyl (C=O) groups is 1. The maximum atomic E-state index is 10.7. The van der Waals surface area contributed by atoms with Crippen LogP contribution in [0.25, 0.3) is 0 Å². The number of rotatable bonds is 6. The van der Waals surface area contributed by atoms with E-state index in [1.165, 1.54) is 13.2 Å². The third-order valence-corrected chi connectivity index (χ3v) is 2.26. The van der Waals surface area contributed by atoms with Gasteiger partial charge in [0.1, 0.15) is 6.61 Å². The zero-order chi connectivity index (χ0) is 10.3. The topological polar surface area (TPSA) is 89.5 Å². The molecule has 0 bridgehead atoms. The summed E-state index contributed by atoms with van der Waals surface area (Å²) in [6.07, 6.45) is 1.42. The van der Waals surface area contributed by atoms with Crippen molar-refractivity contribution in [3.8, 4) is 0 Å². The fourth-order valence-electron chi connectivity index (χ4n) is 0.412. The van der Waals surface area contributed by atoms with Crippen LogP contribution in [0.1, 0.15) is 6.92 Å². The van der Waals surface area contributed by atoms with Crippen molar-refractivity contribution in [3.63, 3.8) is 0 Å². The van der Waals surface area contributed by atoms with Gasteiger partial charge in [-0.1, -0.05) is 0 Å². The molecule has 0 aliphatic heterocycles. The molecule has 0 aromatic rings. The monoisotopic (exact) mass is 208 g/mol. The Hall–Kier alpha value is -0.950. The summed E-state index contributed by atoms with van der Waals surface area (Å²) < 4.78 is 25.7. The van der Waals surface area contributed by atoms with Crippen LogP contribution in [0, 0.1) is 0 Å². The van der Waals surface area contributed by atoms with Crippen LogP contribution in [0.4, 0.5) is 0 Å². The van der Waals surface area contributed by atoms with Crippen LogP contribution in [-0.4, -0.2) is 39.5 Å². The fraction of sp³-hybridized carbons (Fsp3) is 0.667. The Labute approximate surface area is 76.4 Å². The van der Waals surface area contributed by atoms with E-state index < -0.39 is 22.6 Å². The first-order valence-electron chi connectivity index (χ1n) is 3.50. The summed E-state index contributed by atoms with van der Waals surface area (Å²) in [4.78, 5) is 20.4. The molecule has 0 heterocycles. The molecule has 6 nitrogen and oxygen atoms in total. The highest BCUT2D eigenvalue weighted by atomic mass is 32.2. The van der Waals surface area contributed by atoms with Crippen molar-refractivity contribution < 1.29 is 22.2 Å². The van der Waals surface area contributed by atoms with Gasteiger partial charge in [-0.2, -0.15) is 8.42 Å². The third-order valence-electron chi connectivity index (χ3n) is 1.08. The molecular formula is C6H10NO5S. The van der Waals surface area contributed by atoms with Gasteiger partial charge in [-0.15, -0.1) is 0 Å². The predicted molar refractivity (Wildman–Crippen MR) is 44.1 cm³/mol. The maximum Gasteiger partial charge on any atom is 0.267 e. The molecule has 0 atom stereocenters. The molecular weight excluding hydrogens is 198 g/mol. The van der Waals surface area contributed by atoms with Gasteiger partial charge in [-0.05, 0) is 6.92 Å². The van der Waals surface area contributed by atoms with Crippen molar-refractivity contribution in [2.75, 3.05) is 18.9 Å². The summed E-state index contributed by atoms with van der Waals surface area (Å²) in [7, 11) is -3.60. The van der Waals surface area contributed by atoms with Gasteiger partial charge in [0, 0.05) is 0 Å². The van der Waals surface area contributed by atoms with Crippen LogP contribution in [-0.2, 0) is 23.9 Å². The highest BCUT2D eigenvalue weighted by molar-refractivity contribution is 7.86. The molecule has 1 amide bonds. The van der Waals surface area contributed by atoms with Gasteiger partial charge in [0.05, 0.1) is 12.3 Å². The second-order valence-corrected chi connectivity index (χ2v) is 3.96. The standard InChI is InChI=1S/C6H10NO5S/c1-2-13(10,11)12-5-6(9)7-3-4-8/h2-3,5H2,1H3,(H,7,9). The van der Waals surface area contributed by atoms with E-state index in [2.05, 4.69) is 9.50 Å².